The predicted octanol–water partition coefficient (Wildman–Crippen LogP) is 2.33. The van der Waals surface area contributed by atoms with Gasteiger partial charge in [0.05, 0.1) is 27.0 Å². The van der Waals surface area contributed by atoms with E-state index >= 15 is 0 Å². The monoisotopic (exact) mass is 416 g/mol. The molecule has 0 aliphatic carbocycles. The molecule has 1 aliphatic heterocycles. The van der Waals surface area contributed by atoms with Crippen molar-refractivity contribution in [2.45, 2.75) is 33.2 Å². The van der Waals surface area contributed by atoms with Crippen LogP contribution in [0.5, 0.6) is 17.2 Å². The Hall–Kier alpha value is -2.74. The molecule has 3 rings (SSSR count). The number of piperazine rings is 1. The number of aromatic amines is 1. The molecule has 1 amide bonds. The Morgan fingerprint density at radius 3 is 2.30 bits per heavy atom. The van der Waals surface area contributed by atoms with Gasteiger partial charge >= 0.3 is 0 Å². The summed E-state index contributed by atoms with van der Waals surface area (Å²) < 4.78 is 16.4. The average molecular weight is 417 g/mol. The molecule has 2 aromatic rings. The molecular formula is C22H32N4O4. The van der Waals surface area contributed by atoms with Crippen LogP contribution in [0.2, 0.25) is 0 Å². The van der Waals surface area contributed by atoms with Crippen LogP contribution in [-0.2, 0) is 17.8 Å². The number of nitrogens with one attached hydrogen (secondary N) is 1. The minimum absolute atomic E-state index is 0.207. The number of aromatic nitrogens is 2. The Kier molecular flexibility index (Phi) is 7.20. The van der Waals surface area contributed by atoms with Crippen molar-refractivity contribution in [2.24, 2.45) is 0 Å². The molecule has 0 unspecified atom stereocenters. The van der Waals surface area contributed by atoms with Crippen LogP contribution in [0.15, 0.2) is 12.1 Å². The van der Waals surface area contributed by atoms with E-state index in [2.05, 4.69) is 15.1 Å². The SMILES string of the molecule is COc1ccc(CN2CCN(C(=O)CCc3c(C)n[nH]c3C)CC2)c(OC)c1OC. The van der Waals surface area contributed by atoms with Crippen molar-refractivity contribution >= 4 is 5.91 Å². The highest BCUT2D eigenvalue weighted by Gasteiger charge is 2.23. The fraction of sp³-hybridized carbons (Fsp3) is 0.545. The minimum atomic E-state index is 0.207. The predicted molar refractivity (Wildman–Crippen MR) is 114 cm³/mol. The molecule has 1 fully saturated rings. The first-order valence-electron chi connectivity index (χ1n) is 10.3. The quantitative estimate of drug-likeness (QED) is 0.712. The molecule has 1 aromatic carbocycles. The van der Waals surface area contributed by atoms with Crippen molar-refractivity contribution in [2.75, 3.05) is 47.5 Å². The second-order valence-corrected chi connectivity index (χ2v) is 7.56. The Morgan fingerprint density at radius 2 is 1.73 bits per heavy atom. The maximum absolute atomic E-state index is 12.7. The first-order valence-corrected chi connectivity index (χ1v) is 10.3. The number of rotatable bonds is 8. The van der Waals surface area contributed by atoms with E-state index in [4.69, 9.17) is 14.2 Å². The highest BCUT2D eigenvalue weighted by molar-refractivity contribution is 5.76. The number of methoxy groups -OCH3 is 3. The lowest BCUT2D eigenvalue weighted by Gasteiger charge is -2.35. The lowest BCUT2D eigenvalue weighted by molar-refractivity contribution is -0.133. The summed E-state index contributed by atoms with van der Waals surface area (Å²) in [5, 5.41) is 7.20. The summed E-state index contributed by atoms with van der Waals surface area (Å²) in [6, 6.07) is 3.91. The van der Waals surface area contributed by atoms with Crippen LogP contribution >= 0.6 is 0 Å². The summed E-state index contributed by atoms with van der Waals surface area (Å²) in [6.07, 6.45) is 1.25. The van der Waals surface area contributed by atoms with Crippen LogP contribution in [0.1, 0.15) is 28.9 Å². The third kappa shape index (κ3) is 4.70. The smallest absolute Gasteiger partial charge is 0.222 e. The molecule has 0 radical (unpaired) electrons. The van der Waals surface area contributed by atoms with Crippen LogP contribution in [0, 0.1) is 13.8 Å². The van der Waals surface area contributed by atoms with E-state index in [-0.39, 0.29) is 5.91 Å². The molecule has 8 heteroatoms. The summed E-state index contributed by atoms with van der Waals surface area (Å²) in [6.45, 7) is 7.83. The van der Waals surface area contributed by atoms with Gasteiger partial charge in [-0.05, 0) is 31.9 Å². The van der Waals surface area contributed by atoms with E-state index in [1.807, 2.05) is 30.9 Å². The molecule has 8 nitrogen and oxygen atoms in total. The van der Waals surface area contributed by atoms with Crippen molar-refractivity contribution in [1.29, 1.82) is 0 Å². The summed E-state index contributed by atoms with van der Waals surface area (Å²) >= 11 is 0. The lowest BCUT2D eigenvalue weighted by atomic mass is 10.1. The highest BCUT2D eigenvalue weighted by atomic mass is 16.5. The average Bonchev–Trinajstić information content (AvgIpc) is 3.09. The van der Waals surface area contributed by atoms with Crippen molar-refractivity contribution in [3.8, 4) is 17.2 Å². The topological polar surface area (TPSA) is 79.9 Å². The van der Waals surface area contributed by atoms with Gasteiger partial charge in [-0.2, -0.15) is 5.10 Å². The summed E-state index contributed by atoms with van der Waals surface area (Å²) in [4.78, 5) is 17.0. The van der Waals surface area contributed by atoms with Crippen molar-refractivity contribution < 1.29 is 19.0 Å². The molecule has 0 saturated carbocycles. The Labute approximate surface area is 178 Å². The number of hydrogen-bond acceptors (Lipinski definition) is 6. The maximum atomic E-state index is 12.7. The van der Waals surface area contributed by atoms with E-state index in [9.17, 15) is 4.79 Å². The van der Waals surface area contributed by atoms with Gasteiger partial charge in [-0.3, -0.25) is 14.8 Å². The summed E-state index contributed by atoms with van der Waals surface area (Å²) in [7, 11) is 4.87. The largest absolute Gasteiger partial charge is 0.493 e. The Bertz CT molecular complexity index is 853. The summed E-state index contributed by atoms with van der Waals surface area (Å²) in [5.41, 5.74) is 4.23. The molecule has 0 bridgehead atoms. The number of carbonyl (C=O) groups is 1. The van der Waals surface area contributed by atoms with Gasteiger partial charge in [0, 0.05) is 50.4 Å². The number of carbonyl (C=O) groups excluding carboxylic acids is 1. The Balaban J connectivity index is 1.55. The second-order valence-electron chi connectivity index (χ2n) is 7.56. The molecule has 1 aromatic heterocycles. The highest BCUT2D eigenvalue weighted by Crippen LogP contribution is 2.40. The summed E-state index contributed by atoms with van der Waals surface area (Å²) in [5.74, 6) is 2.16. The number of nitrogens with zero attached hydrogens (tertiary/aromatic N) is 3. The number of H-pyrrole nitrogens is 1. The molecular weight excluding hydrogens is 384 g/mol. The lowest BCUT2D eigenvalue weighted by Crippen LogP contribution is -2.48. The molecule has 2 heterocycles. The van der Waals surface area contributed by atoms with Gasteiger partial charge in [-0.1, -0.05) is 6.07 Å². The van der Waals surface area contributed by atoms with Crippen LogP contribution < -0.4 is 14.2 Å². The zero-order valence-electron chi connectivity index (χ0n) is 18.6. The number of benzene rings is 1. The first kappa shape index (κ1) is 22.0. The van der Waals surface area contributed by atoms with Crippen molar-refractivity contribution in [3.05, 3.63) is 34.6 Å². The molecule has 30 heavy (non-hydrogen) atoms. The Morgan fingerprint density at radius 1 is 1.03 bits per heavy atom. The molecule has 1 N–H and O–H groups in total. The van der Waals surface area contributed by atoms with Gasteiger partial charge in [0.1, 0.15) is 0 Å². The fourth-order valence-corrected chi connectivity index (χ4v) is 4.02. The third-order valence-corrected chi connectivity index (χ3v) is 5.77. The van der Waals surface area contributed by atoms with Gasteiger partial charge in [-0.25, -0.2) is 0 Å². The zero-order valence-corrected chi connectivity index (χ0v) is 18.6. The second kappa shape index (κ2) is 9.84. The maximum Gasteiger partial charge on any atom is 0.222 e. The molecule has 0 spiro atoms. The molecule has 0 atom stereocenters. The molecule has 1 aliphatic rings. The fourth-order valence-electron chi connectivity index (χ4n) is 4.02. The molecule has 1 saturated heterocycles. The van der Waals surface area contributed by atoms with E-state index < -0.39 is 0 Å². The minimum Gasteiger partial charge on any atom is -0.493 e. The van der Waals surface area contributed by atoms with Crippen LogP contribution in [0.3, 0.4) is 0 Å². The number of aryl methyl sites for hydroxylation is 2. The number of hydrogen-bond donors (Lipinski definition) is 1. The van der Waals surface area contributed by atoms with E-state index in [1.54, 1.807) is 21.3 Å². The van der Waals surface area contributed by atoms with E-state index in [0.29, 0.717) is 23.7 Å². The standard InChI is InChI=1S/C22H32N4O4/c1-15-18(16(2)24-23-15)7-9-20(27)26-12-10-25(11-13-26)14-17-6-8-19(28-3)22(30-5)21(17)29-4/h6,8H,7,9-14H2,1-5H3,(H,23,24). The van der Waals surface area contributed by atoms with E-state index in [1.165, 1.54) is 0 Å². The number of amides is 1. The molecule has 164 valence electrons. The van der Waals surface area contributed by atoms with E-state index in [0.717, 1.165) is 61.7 Å². The van der Waals surface area contributed by atoms with Gasteiger partial charge in [0.2, 0.25) is 11.7 Å². The van der Waals surface area contributed by atoms with Crippen LogP contribution in [0.4, 0.5) is 0 Å². The zero-order chi connectivity index (χ0) is 21.7. The normalized spacial score (nSPS) is 14.6. The van der Waals surface area contributed by atoms with Crippen molar-refractivity contribution in [1.82, 2.24) is 20.0 Å². The van der Waals surface area contributed by atoms with Crippen LogP contribution in [-0.4, -0.2) is 73.4 Å². The first-order chi connectivity index (χ1) is 14.5. The number of ether oxygens (including phenoxy) is 3. The van der Waals surface area contributed by atoms with Crippen molar-refractivity contribution in [3.63, 3.8) is 0 Å². The van der Waals surface area contributed by atoms with Gasteiger partial charge < -0.3 is 19.1 Å². The van der Waals surface area contributed by atoms with Gasteiger partial charge in [0.25, 0.3) is 0 Å². The van der Waals surface area contributed by atoms with Gasteiger partial charge in [0.15, 0.2) is 11.5 Å². The van der Waals surface area contributed by atoms with Gasteiger partial charge in [-0.15, -0.1) is 0 Å². The van der Waals surface area contributed by atoms with Crippen LogP contribution in [0.25, 0.3) is 0 Å². The third-order valence-electron chi connectivity index (χ3n) is 5.77.